The van der Waals surface area contributed by atoms with Crippen LogP contribution in [0.25, 0.3) is 0 Å². The number of carbonyl (C=O) groups is 6. The third-order valence-electron chi connectivity index (χ3n) is 2.09. The molecule has 16 heteroatoms. The molecule has 15 nitrogen and oxygen atoms in total. The number of nitrogens with two attached hydrogens (primary N) is 3. The third-order valence-corrected chi connectivity index (χ3v) is 2.09. The molecule has 0 heterocycles. The van der Waals surface area contributed by atoms with Crippen LogP contribution >= 0.6 is 0 Å². The minimum absolute atomic E-state index is 0. The Morgan fingerprint density at radius 3 is 0.786 bits per heavy atom. The zero-order valence-corrected chi connectivity index (χ0v) is 14.8. The van der Waals surface area contributed by atoms with Gasteiger partial charge in [0.1, 0.15) is 0 Å². The molecule has 0 aliphatic heterocycles. The third kappa shape index (κ3) is 25.5. The normalized spacial score (nSPS) is 12.1. The molecule has 9 N–H and O–H groups in total. The Morgan fingerprint density at radius 2 is 0.750 bits per heavy atom. The maximum Gasteiger partial charge on any atom is 2.00 e. The maximum atomic E-state index is 9.74. The van der Waals surface area contributed by atoms with E-state index in [4.69, 9.17) is 32.5 Å². The second-order valence-corrected chi connectivity index (χ2v) is 4.57. The Bertz CT molecular complexity index is 486. The number of carbonyl (C=O) groups excluding carboxylic acids is 3. The van der Waals surface area contributed by atoms with E-state index in [9.17, 15) is 44.1 Å². The van der Waals surface area contributed by atoms with Gasteiger partial charge in [0, 0.05) is 0 Å². The van der Waals surface area contributed by atoms with Crippen LogP contribution in [0, 0.1) is 0 Å². The van der Waals surface area contributed by atoms with Crippen molar-refractivity contribution in [3.8, 4) is 0 Å². The van der Waals surface area contributed by atoms with Gasteiger partial charge in [0.2, 0.25) is 0 Å². The fourth-order valence-corrected chi connectivity index (χ4v) is 0.814. The average Bonchev–Trinajstić information content (AvgIpc) is 2.46. The van der Waals surface area contributed by atoms with Gasteiger partial charge >= 0.3 is 36.4 Å². The second-order valence-electron chi connectivity index (χ2n) is 4.57. The zero-order valence-electron chi connectivity index (χ0n) is 14.9. The summed E-state index contributed by atoms with van der Waals surface area (Å²) in [6, 6.07) is -4.20. The van der Waals surface area contributed by atoms with Crippen LogP contribution in [0.15, 0.2) is 0 Å². The monoisotopic (exact) mass is 460 g/mol. The van der Waals surface area contributed by atoms with Crippen LogP contribution in [0.4, 0.5) is 0 Å². The number of rotatable bonds is 9. The molecule has 0 unspecified atom stereocenters. The Hall–Kier alpha value is -2.78. The molecule has 1 radical (unpaired) electrons. The van der Waals surface area contributed by atoms with Crippen LogP contribution in [0.5, 0.6) is 0 Å². The van der Waals surface area contributed by atoms with Crippen LogP contribution in [0.3, 0.4) is 0 Å². The van der Waals surface area contributed by atoms with E-state index in [2.05, 4.69) is 0 Å². The number of hydrogen-bond acceptors (Lipinski definition) is 12. The SMILES string of the molecule is N[C@@H](CC(=O)O)C(=O)[O-].N[C@@H](CC(=O)O)C(=O)[O-].N[C@@H](CC(=O)O)C(=O)[O-].[Cu+2].[H+]. The summed E-state index contributed by atoms with van der Waals surface area (Å²) in [7, 11) is 0. The molecule has 0 bridgehead atoms. The smallest absolute Gasteiger partial charge is 0.548 e. The van der Waals surface area contributed by atoms with Crippen molar-refractivity contribution in [1.29, 1.82) is 0 Å². The summed E-state index contributed by atoms with van der Waals surface area (Å²) in [5.41, 5.74) is 14.3. The fourth-order valence-electron chi connectivity index (χ4n) is 0.814. The van der Waals surface area contributed by atoms with Gasteiger partial charge in [-0.15, -0.1) is 0 Å². The van der Waals surface area contributed by atoms with E-state index >= 15 is 0 Å². The van der Waals surface area contributed by atoms with Gasteiger partial charge in [0.25, 0.3) is 0 Å². The first-order chi connectivity index (χ1) is 12.1. The number of carboxylic acids is 6. The molecule has 28 heavy (non-hydrogen) atoms. The first-order valence-corrected chi connectivity index (χ1v) is 6.66. The first kappa shape index (κ1) is 32.9. The van der Waals surface area contributed by atoms with Crippen molar-refractivity contribution >= 4 is 35.8 Å². The zero-order chi connectivity index (χ0) is 22.3. The molecule has 0 saturated heterocycles. The van der Waals surface area contributed by atoms with Crippen molar-refractivity contribution in [2.24, 2.45) is 17.2 Å². The predicted octanol–water partition coefficient (Wildman–Crippen LogP) is -7.28. The van der Waals surface area contributed by atoms with Crippen LogP contribution in [-0.4, -0.2) is 69.3 Å². The molecule has 165 valence electrons. The van der Waals surface area contributed by atoms with Crippen LogP contribution in [0.1, 0.15) is 20.7 Å². The molecule has 0 aromatic heterocycles. The van der Waals surface area contributed by atoms with E-state index in [1.165, 1.54) is 0 Å². The molecule has 0 aliphatic carbocycles. The number of hydrogen-bond donors (Lipinski definition) is 6. The summed E-state index contributed by atoms with van der Waals surface area (Å²) in [5.74, 6) is -8.36. The maximum absolute atomic E-state index is 9.74. The van der Waals surface area contributed by atoms with Crippen molar-refractivity contribution in [2.45, 2.75) is 37.4 Å². The van der Waals surface area contributed by atoms with Crippen LogP contribution in [0.2, 0.25) is 0 Å². The first-order valence-electron chi connectivity index (χ1n) is 6.66. The minimum Gasteiger partial charge on any atom is -0.548 e. The van der Waals surface area contributed by atoms with Gasteiger partial charge in [0.15, 0.2) is 0 Å². The van der Waals surface area contributed by atoms with Crippen LogP contribution in [-0.2, 0) is 45.8 Å². The molecule has 0 amide bonds. The Balaban J connectivity index is -0.0000000960. The summed E-state index contributed by atoms with van der Waals surface area (Å²) in [5, 5.41) is 53.1. The summed E-state index contributed by atoms with van der Waals surface area (Å²) in [4.78, 5) is 58.4. The average molecular weight is 461 g/mol. The van der Waals surface area contributed by atoms with Gasteiger partial charge in [0.05, 0.1) is 55.3 Å². The van der Waals surface area contributed by atoms with Gasteiger partial charge in [-0.05, 0) is 0 Å². The van der Waals surface area contributed by atoms with E-state index in [-0.39, 0.29) is 18.5 Å². The molecular weight excluding hydrogens is 442 g/mol. The van der Waals surface area contributed by atoms with Gasteiger partial charge in [-0.2, -0.15) is 0 Å². The van der Waals surface area contributed by atoms with Gasteiger partial charge in [-0.3, -0.25) is 14.4 Å². The summed E-state index contributed by atoms with van der Waals surface area (Å²) in [6.45, 7) is 0. The summed E-state index contributed by atoms with van der Waals surface area (Å²) < 4.78 is 0. The molecule has 0 rings (SSSR count). The van der Waals surface area contributed by atoms with Crippen LogP contribution < -0.4 is 32.5 Å². The van der Waals surface area contributed by atoms with E-state index < -0.39 is 73.2 Å². The standard InChI is InChI=1S/3C4H7NO4.Cu/c3*5-2(4(8)9)1-3(6)7;/h3*2H,1,5H2,(H,6,7)(H,8,9);/q;;;+2/p-2/t3*2-;/m000./s1. The van der Waals surface area contributed by atoms with E-state index in [1.807, 2.05) is 0 Å². The molecule has 0 spiro atoms. The quantitative estimate of drug-likeness (QED) is 0.174. The van der Waals surface area contributed by atoms with Crippen molar-refractivity contribution in [3.05, 3.63) is 0 Å². The molecule has 0 aliphatic rings. The van der Waals surface area contributed by atoms with E-state index in [0.717, 1.165) is 0 Å². The van der Waals surface area contributed by atoms with Crippen molar-refractivity contribution < 1.29 is 77.9 Å². The number of aliphatic carboxylic acids is 6. The van der Waals surface area contributed by atoms with Crippen molar-refractivity contribution in [1.82, 2.24) is 0 Å². The molecular formula is C12H19CuN3O12. The molecule has 0 fully saturated rings. The van der Waals surface area contributed by atoms with Gasteiger partial charge in [-0.25, -0.2) is 0 Å². The van der Waals surface area contributed by atoms with Gasteiger partial charge in [-0.1, -0.05) is 0 Å². The fraction of sp³-hybridized carbons (Fsp3) is 0.500. The van der Waals surface area contributed by atoms with E-state index in [1.54, 1.807) is 0 Å². The van der Waals surface area contributed by atoms with Gasteiger partial charge < -0.3 is 62.2 Å². The molecule has 0 aromatic rings. The van der Waals surface area contributed by atoms with E-state index in [0.29, 0.717) is 0 Å². The Kier molecular flexibility index (Phi) is 20.7. The summed E-state index contributed by atoms with van der Waals surface area (Å²) in [6.07, 6.45) is -1.78. The number of carboxylic acid groups (broad SMARTS) is 6. The minimum atomic E-state index is -1.54. The largest absolute Gasteiger partial charge is 2.00 e. The molecule has 3 atom stereocenters. The van der Waals surface area contributed by atoms with Crippen molar-refractivity contribution in [3.63, 3.8) is 0 Å². The predicted molar refractivity (Wildman–Crippen MR) is 76.8 cm³/mol. The Morgan fingerprint density at radius 1 is 0.607 bits per heavy atom. The molecule has 0 aromatic carbocycles. The molecule has 0 saturated carbocycles. The topological polar surface area (TPSA) is 310 Å². The van der Waals surface area contributed by atoms with Crippen molar-refractivity contribution in [2.75, 3.05) is 0 Å². The summed E-state index contributed by atoms with van der Waals surface area (Å²) >= 11 is 0. The Labute approximate surface area is 169 Å². The second kappa shape index (κ2) is 17.6.